The molecule has 0 amide bonds. The highest BCUT2D eigenvalue weighted by atomic mass is 32.2. The molecule has 0 bridgehead atoms. The number of carboxylic acid groups (broad SMARTS) is 1. The summed E-state index contributed by atoms with van der Waals surface area (Å²) in [7, 11) is 7.06. The molecular weight excluding hydrogens is 397 g/mol. The summed E-state index contributed by atoms with van der Waals surface area (Å²) in [5.74, 6) is 0.146. The standard InChI is InChI=1S/C18H32FN7O2S/c1-7-14(15(21-3)23(4)17(20)29-19)24(5)25(6)18(22-8-2)26-11-9-13(10-12-26)16(27)28/h8,13,20-21H,2,7,9-12H2,1,3-6H3,(H,27,28)/b15-14+,20-17?,22-18+. The Morgan fingerprint density at radius 3 is 2.38 bits per heavy atom. The first-order valence-electron chi connectivity index (χ1n) is 9.38. The van der Waals surface area contributed by atoms with Crippen molar-refractivity contribution in [3.8, 4) is 0 Å². The Morgan fingerprint density at radius 2 is 1.97 bits per heavy atom. The predicted octanol–water partition coefficient (Wildman–Crippen LogP) is 2.34. The van der Waals surface area contributed by atoms with Gasteiger partial charge in [0, 0.05) is 47.5 Å². The number of rotatable bonds is 7. The highest BCUT2D eigenvalue weighted by Crippen LogP contribution is 2.22. The van der Waals surface area contributed by atoms with E-state index in [9.17, 15) is 13.8 Å². The second-order valence-corrected chi connectivity index (χ2v) is 7.14. The van der Waals surface area contributed by atoms with Gasteiger partial charge in [0.2, 0.25) is 5.96 Å². The largest absolute Gasteiger partial charge is 0.481 e. The average molecular weight is 430 g/mol. The van der Waals surface area contributed by atoms with Crippen LogP contribution in [0.25, 0.3) is 0 Å². The number of hydrazine groups is 1. The van der Waals surface area contributed by atoms with E-state index in [0.29, 0.717) is 44.1 Å². The van der Waals surface area contributed by atoms with Crippen molar-refractivity contribution < 1.29 is 13.8 Å². The van der Waals surface area contributed by atoms with Crippen LogP contribution in [0.5, 0.6) is 0 Å². The van der Waals surface area contributed by atoms with E-state index in [1.807, 2.05) is 35.9 Å². The molecular formula is C18H32FN7O2S. The fourth-order valence-corrected chi connectivity index (χ4v) is 3.50. The van der Waals surface area contributed by atoms with E-state index in [2.05, 4.69) is 16.9 Å². The average Bonchev–Trinajstić information content (AvgIpc) is 2.73. The van der Waals surface area contributed by atoms with E-state index in [1.165, 1.54) is 11.1 Å². The number of piperidine rings is 1. The van der Waals surface area contributed by atoms with E-state index in [0.717, 1.165) is 5.70 Å². The first kappa shape index (κ1) is 24.6. The number of likely N-dealkylation sites (tertiary alicyclic amines) is 1. The summed E-state index contributed by atoms with van der Waals surface area (Å²) in [6.45, 7) is 6.83. The van der Waals surface area contributed by atoms with Crippen molar-refractivity contribution in [2.75, 3.05) is 41.3 Å². The topological polar surface area (TPSA) is 98.5 Å². The number of hydrogen-bond donors (Lipinski definition) is 3. The van der Waals surface area contributed by atoms with Crippen molar-refractivity contribution in [3.63, 3.8) is 0 Å². The molecule has 164 valence electrons. The fourth-order valence-electron chi connectivity index (χ4n) is 3.30. The summed E-state index contributed by atoms with van der Waals surface area (Å²) in [5.41, 5.74) is 0.827. The van der Waals surface area contributed by atoms with E-state index < -0.39 is 5.97 Å². The molecule has 29 heavy (non-hydrogen) atoms. The molecule has 1 aliphatic heterocycles. The lowest BCUT2D eigenvalue weighted by Gasteiger charge is -2.41. The zero-order valence-electron chi connectivity index (χ0n) is 17.8. The summed E-state index contributed by atoms with van der Waals surface area (Å²) in [5, 5.41) is 23.5. The number of aliphatic carboxylic acids is 1. The summed E-state index contributed by atoms with van der Waals surface area (Å²) in [4.78, 5) is 19.1. The van der Waals surface area contributed by atoms with Crippen LogP contribution < -0.4 is 5.32 Å². The minimum atomic E-state index is -0.761. The summed E-state index contributed by atoms with van der Waals surface area (Å²) in [6, 6.07) is 0. The van der Waals surface area contributed by atoms with Crippen LogP contribution in [0.1, 0.15) is 26.2 Å². The van der Waals surface area contributed by atoms with Crippen molar-refractivity contribution >= 4 is 29.2 Å². The molecule has 0 radical (unpaired) electrons. The van der Waals surface area contributed by atoms with E-state index in [1.54, 1.807) is 14.1 Å². The van der Waals surface area contributed by atoms with Crippen LogP contribution in [0.15, 0.2) is 29.3 Å². The third-order valence-electron chi connectivity index (χ3n) is 5.02. The van der Waals surface area contributed by atoms with Crippen molar-refractivity contribution in [2.45, 2.75) is 26.2 Å². The monoisotopic (exact) mass is 429 g/mol. The first-order chi connectivity index (χ1) is 13.7. The molecule has 0 saturated carbocycles. The van der Waals surface area contributed by atoms with Gasteiger partial charge in [0.25, 0.3) is 0 Å². The maximum Gasteiger partial charge on any atom is 0.306 e. The Labute approximate surface area is 176 Å². The molecule has 3 N–H and O–H groups in total. The zero-order valence-corrected chi connectivity index (χ0v) is 18.6. The number of hydrogen-bond acceptors (Lipinski definition) is 6. The van der Waals surface area contributed by atoms with Crippen LogP contribution >= 0.6 is 12.1 Å². The van der Waals surface area contributed by atoms with Gasteiger partial charge in [-0.25, -0.2) is 4.99 Å². The van der Waals surface area contributed by atoms with Crippen LogP contribution in [0.3, 0.4) is 0 Å². The highest BCUT2D eigenvalue weighted by molar-refractivity contribution is 8.09. The lowest BCUT2D eigenvalue weighted by atomic mass is 9.97. The molecule has 0 spiro atoms. The van der Waals surface area contributed by atoms with Gasteiger partial charge in [0.1, 0.15) is 18.0 Å². The van der Waals surface area contributed by atoms with Crippen molar-refractivity contribution in [1.29, 1.82) is 5.41 Å². The van der Waals surface area contributed by atoms with Gasteiger partial charge in [0.05, 0.1) is 11.6 Å². The number of nitrogens with zero attached hydrogens (tertiary/aromatic N) is 5. The third-order valence-corrected chi connectivity index (χ3v) is 5.44. The van der Waals surface area contributed by atoms with Crippen LogP contribution in [-0.2, 0) is 4.79 Å². The Hall–Kier alpha value is -2.43. The first-order valence-corrected chi connectivity index (χ1v) is 10.1. The molecule has 0 aliphatic carbocycles. The Bertz CT molecular complexity index is 663. The molecule has 0 aromatic heterocycles. The Balaban J connectivity index is 3.15. The Morgan fingerprint density at radius 1 is 1.38 bits per heavy atom. The fraction of sp³-hybridized carbons (Fsp3) is 0.611. The van der Waals surface area contributed by atoms with E-state index in [-0.39, 0.29) is 23.2 Å². The lowest BCUT2D eigenvalue weighted by Crippen LogP contribution is -2.52. The summed E-state index contributed by atoms with van der Waals surface area (Å²) < 4.78 is 12.9. The molecule has 0 aromatic carbocycles. The van der Waals surface area contributed by atoms with Gasteiger partial charge in [-0.05, 0) is 19.3 Å². The smallest absolute Gasteiger partial charge is 0.306 e. The maximum absolute atomic E-state index is 12.9. The van der Waals surface area contributed by atoms with Gasteiger partial charge < -0.3 is 20.2 Å². The van der Waals surface area contributed by atoms with Crippen LogP contribution in [0, 0.1) is 11.3 Å². The quantitative estimate of drug-likeness (QED) is 0.322. The summed E-state index contributed by atoms with van der Waals surface area (Å²) in [6.07, 6.45) is 3.18. The van der Waals surface area contributed by atoms with Gasteiger partial charge in [0.15, 0.2) is 5.17 Å². The number of amidine groups is 1. The number of carbonyl (C=O) groups is 1. The van der Waals surface area contributed by atoms with Crippen LogP contribution in [0.4, 0.5) is 3.89 Å². The number of allylic oxidation sites excluding steroid dienone is 1. The normalized spacial score (nSPS) is 16.1. The van der Waals surface area contributed by atoms with E-state index in [4.69, 9.17) is 5.41 Å². The molecule has 0 unspecified atom stereocenters. The molecule has 11 heteroatoms. The van der Waals surface area contributed by atoms with Gasteiger partial charge in [-0.3, -0.25) is 20.2 Å². The molecule has 1 aliphatic rings. The van der Waals surface area contributed by atoms with Crippen LogP contribution in [0.2, 0.25) is 0 Å². The minimum absolute atomic E-state index is 0.126. The molecule has 1 fully saturated rings. The number of carboxylic acids is 1. The molecule has 9 nitrogen and oxygen atoms in total. The number of guanidine groups is 1. The molecule has 1 saturated heterocycles. The highest BCUT2D eigenvalue weighted by Gasteiger charge is 2.29. The second-order valence-electron chi connectivity index (χ2n) is 6.60. The third kappa shape index (κ3) is 6.02. The van der Waals surface area contributed by atoms with Gasteiger partial charge in [-0.15, -0.1) is 0 Å². The molecule has 0 atom stereocenters. The second kappa shape index (κ2) is 11.5. The minimum Gasteiger partial charge on any atom is -0.481 e. The maximum atomic E-state index is 12.9. The molecule has 0 aromatic rings. The number of nitrogens with one attached hydrogen (secondary N) is 2. The molecule has 1 heterocycles. The predicted molar refractivity (Wildman–Crippen MR) is 116 cm³/mol. The van der Waals surface area contributed by atoms with Crippen molar-refractivity contribution in [2.24, 2.45) is 10.9 Å². The van der Waals surface area contributed by atoms with E-state index >= 15 is 0 Å². The number of aliphatic imine (C=N–C) groups is 1. The summed E-state index contributed by atoms with van der Waals surface area (Å²) >= 11 is -0.126. The van der Waals surface area contributed by atoms with Gasteiger partial charge in [-0.2, -0.15) is 3.89 Å². The van der Waals surface area contributed by atoms with Gasteiger partial charge in [-0.1, -0.05) is 13.5 Å². The molecule has 1 rings (SSSR count). The lowest BCUT2D eigenvalue weighted by molar-refractivity contribution is -0.143. The van der Waals surface area contributed by atoms with Gasteiger partial charge >= 0.3 is 5.97 Å². The van der Waals surface area contributed by atoms with Crippen LogP contribution in [-0.4, -0.2) is 83.3 Å². The Kier molecular flexibility index (Phi) is 9.79. The van der Waals surface area contributed by atoms with Crippen molar-refractivity contribution in [1.82, 2.24) is 25.1 Å². The SMILES string of the molecule is C=C/N=C(/N1CCC(C(=O)O)CC1)N(C)N(C)/C(CC)=C(\NC)N(C)C(=N)SF. The number of halogens is 1. The van der Waals surface area contributed by atoms with Crippen molar-refractivity contribution in [3.05, 3.63) is 24.3 Å². The zero-order chi connectivity index (χ0) is 22.1.